The van der Waals surface area contributed by atoms with Crippen LogP contribution < -0.4 is 5.73 Å². The van der Waals surface area contributed by atoms with Crippen molar-refractivity contribution in [3.63, 3.8) is 0 Å². The molecule has 2 heterocycles. The molecule has 0 radical (unpaired) electrons. The lowest BCUT2D eigenvalue weighted by atomic mass is 9.71. The molecule has 2 fully saturated rings. The van der Waals surface area contributed by atoms with Crippen molar-refractivity contribution in [2.45, 2.75) is 63.2 Å². The fourth-order valence-electron chi connectivity index (χ4n) is 3.59. The summed E-state index contributed by atoms with van der Waals surface area (Å²) in [5.74, 6) is 2.45. The van der Waals surface area contributed by atoms with E-state index in [1.54, 1.807) is 11.3 Å². The van der Waals surface area contributed by atoms with Gasteiger partial charge in [0.05, 0.1) is 0 Å². The van der Waals surface area contributed by atoms with Crippen molar-refractivity contribution in [2.24, 2.45) is 11.7 Å². The maximum atomic E-state index is 6.16. The van der Waals surface area contributed by atoms with Gasteiger partial charge in [-0.15, -0.1) is 10.2 Å². The fraction of sp³-hybridized carbons (Fsp3) is 0.800. The molecule has 0 aliphatic heterocycles. The van der Waals surface area contributed by atoms with Gasteiger partial charge in [0.1, 0.15) is 5.01 Å². The zero-order valence-electron chi connectivity index (χ0n) is 12.6. The van der Waals surface area contributed by atoms with E-state index >= 15 is 0 Å². The van der Waals surface area contributed by atoms with E-state index in [4.69, 9.17) is 10.8 Å². The summed E-state index contributed by atoms with van der Waals surface area (Å²) in [6.45, 7) is 3.04. The van der Waals surface area contributed by atoms with Crippen molar-refractivity contribution >= 4 is 16.3 Å². The highest BCUT2D eigenvalue weighted by molar-refractivity contribution is 7.16. The summed E-state index contributed by atoms with van der Waals surface area (Å²) < 4.78 is 2.00. The van der Waals surface area contributed by atoms with Crippen molar-refractivity contribution in [3.8, 4) is 0 Å². The Morgan fingerprint density at radius 3 is 2.62 bits per heavy atom. The Bertz CT molecular complexity index is 634. The van der Waals surface area contributed by atoms with Crippen LogP contribution in [0, 0.1) is 5.92 Å². The molecule has 0 unspecified atom stereocenters. The van der Waals surface area contributed by atoms with Gasteiger partial charge in [-0.25, -0.2) is 0 Å². The van der Waals surface area contributed by atoms with Gasteiger partial charge in [-0.2, -0.15) is 9.61 Å². The molecule has 5 nitrogen and oxygen atoms in total. The standard InChI is InChI=1S/C15H23N5S/c1-10-5-7-15(9-16,8-6-10)13-19-20-12(11-3-2-4-11)17-18-14(20)21-13/h10-11H,2-9,16H2,1H3. The number of rotatable bonds is 3. The molecule has 6 heteroatoms. The second-order valence-corrected chi connectivity index (χ2v) is 7.91. The van der Waals surface area contributed by atoms with Gasteiger partial charge in [-0.05, 0) is 44.4 Å². The normalized spacial score (nSPS) is 30.7. The van der Waals surface area contributed by atoms with E-state index in [9.17, 15) is 0 Å². The lowest BCUT2D eigenvalue weighted by molar-refractivity contribution is 0.245. The van der Waals surface area contributed by atoms with Crippen molar-refractivity contribution < 1.29 is 0 Å². The molecule has 0 amide bonds. The molecule has 2 N–H and O–H groups in total. The van der Waals surface area contributed by atoms with Crippen LogP contribution in [-0.2, 0) is 5.41 Å². The number of nitrogens with zero attached hydrogens (tertiary/aromatic N) is 4. The molecule has 0 spiro atoms. The molecule has 0 bridgehead atoms. The van der Waals surface area contributed by atoms with Crippen LogP contribution in [0.25, 0.3) is 4.96 Å². The molecule has 0 aromatic carbocycles. The summed E-state index contributed by atoms with van der Waals surface area (Å²) in [7, 11) is 0. The fourth-order valence-corrected chi connectivity index (χ4v) is 4.69. The molecule has 0 atom stereocenters. The first-order valence-corrected chi connectivity index (χ1v) is 8.96. The van der Waals surface area contributed by atoms with E-state index < -0.39 is 0 Å². The van der Waals surface area contributed by atoms with Gasteiger partial charge in [0.15, 0.2) is 5.82 Å². The van der Waals surface area contributed by atoms with Crippen LogP contribution in [0.3, 0.4) is 0 Å². The van der Waals surface area contributed by atoms with Crippen LogP contribution in [0.2, 0.25) is 0 Å². The largest absolute Gasteiger partial charge is 0.329 e. The van der Waals surface area contributed by atoms with E-state index in [-0.39, 0.29) is 5.41 Å². The molecule has 21 heavy (non-hydrogen) atoms. The quantitative estimate of drug-likeness (QED) is 0.946. The van der Waals surface area contributed by atoms with Gasteiger partial charge in [0.25, 0.3) is 0 Å². The van der Waals surface area contributed by atoms with Gasteiger partial charge in [-0.1, -0.05) is 24.7 Å². The molecule has 114 valence electrons. The molecule has 2 aromatic heterocycles. The minimum atomic E-state index is 0.0781. The summed E-state index contributed by atoms with van der Waals surface area (Å²) in [5.41, 5.74) is 6.24. The van der Waals surface area contributed by atoms with E-state index in [2.05, 4.69) is 17.1 Å². The Balaban J connectivity index is 1.70. The zero-order chi connectivity index (χ0) is 14.4. The SMILES string of the molecule is CC1CCC(CN)(c2nn3c(C4CCC4)nnc3s2)CC1. The third kappa shape index (κ3) is 2.11. The van der Waals surface area contributed by atoms with Crippen LogP contribution in [0.5, 0.6) is 0 Å². The second-order valence-electron chi connectivity index (χ2n) is 6.95. The molecule has 2 aliphatic rings. The number of hydrogen-bond donors (Lipinski definition) is 1. The highest BCUT2D eigenvalue weighted by atomic mass is 32.1. The molecule has 4 rings (SSSR count). The molecular weight excluding hydrogens is 282 g/mol. The summed E-state index contributed by atoms with van der Waals surface area (Å²) in [5, 5.41) is 14.8. The van der Waals surface area contributed by atoms with E-state index in [1.165, 1.54) is 37.1 Å². The average Bonchev–Trinajstić information content (AvgIpc) is 3.01. The third-order valence-electron chi connectivity index (χ3n) is 5.56. The number of fused-ring (bicyclic) bond motifs is 1. The van der Waals surface area contributed by atoms with Gasteiger partial charge in [0, 0.05) is 17.9 Å². The predicted octanol–water partition coefficient (Wildman–Crippen LogP) is 2.86. The van der Waals surface area contributed by atoms with E-state index in [1.807, 2.05) is 4.52 Å². The first-order valence-electron chi connectivity index (χ1n) is 8.14. The Morgan fingerprint density at radius 2 is 2.00 bits per heavy atom. The summed E-state index contributed by atoms with van der Waals surface area (Å²) in [4.78, 5) is 0.943. The zero-order valence-corrected chi connectivity index (χ0v) is 13.4. The monoisotopic (exact) mass is 305 g/mol. The Hall–Kier alpha value is -1.01. The number of hydrogen-bond acceptors (Lipinski definition) is 5. The maximum Gasteiger partial charge on any atom is 0.234 e. The molecule has 2 saturated carbocycles. The molecule has 0 saturated heterocycles. The van der Waals surface area contributed by atoms with E-state index in [0.717, 1.165) is 29.5 Å². The smallest absolute Gasteiger partial charge is 0.234 e. The predicted molar refractivity (Wildman–Crippen MR) is 83.6 cm³/mol. The highest BCUT2D eigenvalue weighted by Crippen LogP contribution is 2.43. The van der Waals surface area contributed by atoms with Crippen molar-refractivity contribution in [1.29, 1.82) is 0 Å². The van der Waals surface area contributed by atoms with Crippen molar-refractivity contribution in [2.75, 3.05) is 6.54 Å². The van der Waals surface area contributed by atoms with Gasteiger partial charge in [0.2, 0.25) is 4.96 Å². The lowest BCUT2D eigenvalue weighted by Gasteiger charge is -2.36. The molecule has 2 aliphatic carbocycles. The minimum Gasteiger partial charge on any atom is -0.329 e. The third-order valence-corrected chi connectivity index (χ3v) is 6.71. The van der Waals surface area contributed by atoms with E-state index in [0.29, 0.717) is 12.5 Å². The average molecular weight is 305 g/mol. The van der Waals surface area contributed by atoms with Gasteiger partial charge >= 0.3 is 0 Å². The Kier molecular flexibility index (Phi) is 3.26. The first-order chi connectivity index (χ1) is 10.2. The number of aromatic nitrogens is 4. The van der Waals surface area contributed by atoms with Crippen LogP contribution in [-0.4, -0.2) is 26.4 Å². The Morgan fingerprint density at radius 1 is 1.24 bits per heavy atom. The van der Waals surface area contributed by atoms with Crippen molar-refractivity contribution in [1.82, 2.24) is 19.8 Å². The topological polar surface area (TPSA) is 69.1 Å². The van der Waals surface area contributed by atoms with Crippen molar-refractivity contribution in [3.05, 3.63) is 10.8 Å². The minimum absolute atomic E-state index is 0.0781. The van der Waals surface area contributed by atoms with Gasteiger partial charge < -0.3 is 5.73 Å². The summed E-state index contributed by atoms with van der Waals surface area (Å²) >= 11 is 1.70. The number of nitrogens with two attached hydrogens (primary N) is 1. The first kappa shape index (κ1) is 13.6. The Labute approximate surface area is 128 Å². The van der Waals surface area contributed by atoms with Gasteiger partial charge in [-0.3, -0.25) is 0 Å². The molecular formula is C15H23N5S. The summed E-state index contributed by atoms with van der Waals surface area (Å²) in [6, 6.07) is 0. The highest BCUT2D eigenvalue weighted by Gasteiger charge is 2.38. The van der Waals surface area contributed by atoms with Crippen LogP contribution in [0.15, 0.2) is 0 Å². The maximum absolute atomic E-state index is 6.16. The second kappa shape index (κ2) is 5.02. The summed E-state index contributed by atoms with van der Waals surface area (Å²) in [6.07, 6.45) is 8.60. The lowest BCUT2D eigenvalue weighted by Crippen LogP contribution is -2.38. The van der Waals surface area contributed by atoms with Crippen LogP contribution in [0.4, 0.5) is 0 Å². The van der Waals surface area contributed by atoms with Crippen LogP contribution in [0.1, 0.15) is 68.6 Å². The van der Waals surface area contributed by atoms with Crippen LogP contribution >= 0.6 is 11.3 Å². The molecule has 2 aromatic rings.